The van der Waals surface area contributed by atoms with E-state index in [2.05, 4.69) is 4.98 Å². The summed E-state index contributed by atoms with van der Waals surface area (Å²) >= 11 is 0. The van der Waals surface area contributed by atoms with Crippen LogP contribution < -0.4 is 0 Å². The highest BCUT2D eigenvalue weighted by Crippen LogP contribution is 2.14. The summed E-state index contributed by atoms with van der Waals surface area (Å²) in [5.41, 5.74) is 2.69. The molecule has 2 aromatic carbocycles. The van der Waals surface area contributed by atoms with E-state index in [0.29, 0.717) is 44.7 Å². The number of imidazole rings is 1. The van der Waals surface area contributed by atoms with Crippen LogP contribution >= 0.6 is 0 Å². The van der Waals surface area contributed by atoms with E-state index in [9.17, 15) is 9.59 Å². The number of hydrogen-bond acceptors (Lipinski definition) is 3. The first-order valence-corrected chi connectivity index (χ1v) is 9.24. The van der Waals surface area contributed by atoms with Gasteiger partial charge in [0.25, 0.3) is 5.91 Å². The number of aromatic nitrogens is 2. The number of hydrogen-bond donors (Lipinski definition) is 0. The Labute approximate surface area is 158 Å². The van der Waals surface area contributed by atoms with Crippen molar-refractivity contribution >= 4 is 22.8 Å². The van der Waals surface area contributed by atoms with Crippen molar-refractivity contribution in [2.45, 2.75) is 13.0 Å². The zero-order chi connectivity index (χ0) is 18.6. The van der Waals surface area contributed by atoms with Crippen LogP contribution in [0.15, 0.2) is 60.9 Å². The second-order valence-corrected chi connectivity index (χ2v) is 6.72. The molecule has 2 amide bonds. The number of carbonyl (C=O) groups excluding carboxylic acids is 2. The van der Waals surface area contributed by atoms with Gasteiger partial charge in [-0.3, -0.25) is 9.59 Å². The Hall–Kier alpha value is -3.15. The van der Waals surface area contributed by atoms with Gasteiger partial charge in [0.2, 0.25) is 5.91 Å². The maximum atomic E-state index is 12.6. The first kappa shape index (κ1) is 17.3. The Morgan fingerprint density at radius 1 is 0.852 bits per heavy atom. The molecule has 0 N–H and O–H groups in total. The van der Waals surface area contributed by atoms with Crippen LogP contribution in [0.25, 0.3) is 11.0 Å². The van der Waals surface area contributed by atoms with Crippen LogP contribution in [0.3, 0.4) is 0 Å². The maximum absolute atomic E-state index is 12.6. The van der Waals surface area contributed by atoms with Gasteiger partial charge in [0.1, 0.15) is 0 Å². The number of amides is 2. The first-order valence-electron chi connectivity index (χ1n) is 9.24. The Balaban J connectivity index is 1.30. The summed E-state index contributed by atoms with van der Waals surface area (Å²) in [5, 5.41) is 0. The average Bonchev–Trinajstić information content (AvgIpc) is 3.15. The van der Waals surface area contributed by atoms with Gasteiger partial charge in [-0.2, -0.15) is 0 Å². The van der Waals surface area contributed by atoms with E-state index in [1.54, 1.807) is 6.33 Å². The van der Waals surface area contributed by atoms with E-state index in [1.807, 2.05) is 69.0 Å². The molecule has 1 aliphatic heterocycles. The molecule has 0 saturated carbocycles. The Kier molecular flexibility index (Phi) is 4.87. The third-order valence-corrected chi connectivity index (χ3v) is 5.03. The molecular weight excluding hydrogens is 340 g/mol. The van der Waals surface area contributed by atoms with Crippen molar-refractivity contribution in [3.8, 4) is 0 Å². The summed E-state index contributed by atoms with van der Waals surface area (Å²) in [4.78, 5) is 33.1. The van der Waals surface area contributed by atoms with Gasteiger partial charge in [-0.15, -0.1) is 0 Å². The lowest BCUT2D eigenvalue weighted by Crippen LogP contribution is -2.50. The predicted octanol–water partition coefficient (Wildman–Crippen LogP) is 2.41. The predicted molar refractivity (Wildman–Crippen MR) is 103 cm³/mol. The van der Waals surface area contributed by atoms with Gasteiger partial charge in [0.05, 0.1) is 17.4 Å². The average molecular weight is 362 g/mol. The first-order chi connectivity index (χ1) is 13.2. The van der Waals surface area contributed by atoms with Gasteiger partial charge in [0, 0.05) is 44.7 Å². The SMILES string of the molecule is O=C(CCn1cnc2ccccc21)N1CCN(C(=O)c2ccccc2)CC1. The van der Waals surface area contributed by atoms with Gasteiger partial charge in [0.15, 0.2) is 0 Å². The van der Waals surface area contributed by atoms with Crippen LogP contribution in [-0.2, 0) is 11.3 Å². The van der Waals surface area contributed by atoms with Crippen molar-refractivity contribution in [1.82, 2.24) is 19.4 Å². The summed E-state index contributed by atoms with van der Waals surface area (Å²) in [7, 11) is 0. The molecule has 0 radical (unpaired) electrons. The number of nitrogens with zero attached hydrogens (tertiary/aromatic N) is 4. The molecule has 1 fully saturated rings. The molecule has 0 aliphatic carbocycles. The number of rotatable bonds is 4. The third kappa shape index (κ3) is 3.69. The highest BCUT2D eigenvalue weighted by atomic mass is 16.2. The lowest BCUT2D eigenvalue weighted by atomic mass is 10.2. The van der Waals surface area contributed by atoms with Gasteiger partial charge >= 0.3 is 0 Å². The Morgan fingerprint density at radius 2 is 1.52 bits per heavy atom. The molecule has 1 aliphatic rings. The fourth-order valence-electron chi connectivity index (χ4n) is 3.48. The smallest absolute Gasteiger partial charge is 0.253 e. The van der Waals surface area contributed by atoms with Gasteiger partial charge < -0.3 is 14.4 Å². The highest BCUT2D eigenvalue weighted by Gasteiger charge is 2.24. The zero-order valence-corrected chi connectivity index (χ0v) is 15.1. The summed E-state index contributed by atoms with van der Waals surface area (Å²) < 4.78 is 2.02. The molecule has 0 atom stereocenters. The van der Waals surface area contributed by atoms with E-state index in [4.69, 9.17) is 0 Å². The largest absolute Gasteiger partial charge is 0.339 e. The molecule has 0 spiro atoms. The quantitative estimate of drug-likeness (QED) is 0.716. The van der Waals surface area contributed by atoms with E-state index in [0.717, 1.165) is 11.0 Å². The minimum atomic E-state index is 0.0348. The standard InChI is InChI=1S/C21H22N4O2/c26-20(10-11-25-16-22-18-8-4-5-9-19(18)25)23-12-14-24(15-13-23)21(27)17-6-2-1-3-7-17/h1-9,16H,10-15H2. The molecule has 4 rings (SSSR count). The molecule has 138 valence electrons. The van der Waals surface area contributed by atoms with Crippen molar-refractivity contribution in [1.29, 1.82) is 0 Å². The maximum Gasteiger partial charge on any atom is 0.253 e. The van der Waals surface area contributed by atoms with Crippen LogP contribution in [0.1, 0.15) is 16.8 Å². The number of carbonyl (C=O) groups is 2. The van der Waals surface area contributed by atoms with Gasteiger partial charge in [-0.05, 0) is 24.3 Å². The Bertz CT molecular complexity index is 943. The van der Waals surface area contributed by atoms with E-state index < -0.39 is 0 Å². The number of fused-ring (bicyclic) bond motifs is 1. The zero-order valence-electron chi connectivity index (χ0n) is 15.1. The highest BCUT2D eigenvalue weighted by molar-refractivity contribution is 5.94. The molecule has 27 heavy (non-hydrogen) atoms. The molecule has 3 aromatic rings. The summed E-state index contributed by atoms with van der Waals surface area (Å²) in [6, 6.07) is 17.2. The van der Waals surface area contributed by atoms with Crippen molar-refractivity contribution < 1.29 is 9.59 Å². The second kappa shape index (κ2) is 7.61. The number of benzene rings is 2. The lowest BCUT2D eigenvalue weighted by molar-refractivity contribution is -0.132. The van der Waals surface area contributed by atoms with Gasteiger partial charge in [-0.25, -0.2) is 4.98 Å². The number of piperazine rings is 1. The summed E-state index contributed by atoms with van der Waals surface area (Å²) in [6.07, 6.45) is 2.22. The minimum Gasteiger partial charge on any atom is -0.339 e. The minimum absolute atomic E-state index is 0.0348. The van der Waals surface area contributed by atoms with Crippen molar-refractivity contribution in [2.24, 2.45) is 0 Å². The number of para-hydroxylation sites is 2. The van der Waals surface area contributed by atoms with Crippen LogP contribution in [-0.4, -0.2) is 57.3 Å². The van der Waals surface area contributed by atoms with Crippen LogP contribution in [0.5, 0.6) is 0 Å². The van der Waals surface area contributed by atoms with E-state index in [1.165, 1.54) is 0 Å². The van der Waals surface area contributed by atoms with Gasteiger partial charge in [-0.1, -0.05) is 30.3 Å². The molecule has 2 heterocycles. The molecule has 0 bridgehead atoms. The normalized spacial score (nSPS) is 14.5. The monoisotopic (exact) mass is 362 g/mol. The van der Waals surface area contributed by atoms with Crippen molar-refractivity contribution in [3.63, 3.8) is 0 Å². The molecule has 6 heteroatoms. The van der Waals surface area contributed by atoms with Crippen molar-refractivity contribution in [3.05, 3.63) is 66.5 Å². The number of aryl methyl sites for hydroxylation is 1. The molecular formula is C21H22N4O2. The summed E-state index contributed by atoms with van der Waals surface area (Å²) in [6.45, 7) is 2.94. The van der Waals surface area contributed by atoms with Crippen molar-refractivity contribution in [2.75, 3.05) is 26.2 Å². The van der Waals surface area contributed by atoms with E-state index >= 15 is 0 Å². The third-order valence-electron chi connectivity index (χ3n) is 5.03. The topological polar surface area (TPSA) is 58.4 Å². The fraction of sp³-hybridized carbons (Fsp3) is 0.286. The fourth-order valence-corrected chi connectivity index (χ4v) is 3.48. The Morgan fingerprint density at radius 3 is 2.30 bits per heavy atom. The van der Waals surface area contributed by atoms with Crippen LogP contribution in [0.4, 0.5) is 0 Å². The lowest BCUT2D eigenvalue weighted by Gasteiger charge is -2.35. The molecule has 0 unspecified atom stereocenters. The molecule has 1 aromatic heterocycles. The molecule has 6 nitrogen and oxygen atoms in total. The van der Waals surface area contributed by atoms with Crippen LogP contribution in [0, 0.1) is 0 Å². The molecule has 1 saturated heterocycles. The second-order valence-electron chi connectivity index (χ2n) is 6.72. The summed E-state index contributed by atoms with van der Waals surface area (Å²) in [5.74, 6) is 0.159. The van der Waals surface area contributed by atoms with Crippen LogP contribution in [0.2, 0.25) is 0 Å². The van der Waals surface area contributed by atoms with E-state index in [-0.39, 0.29) is 11.8 Å².